The Morgan fingerprint density at radius 2 is 2.20 bits per heavy atom. The van der Waals surface area contributed by atoms with Gasteiger partial charge in [-0.15, -0.1) is 11.8 Å². The lowest BCUT2D eigenvalue weighted by atomic mass is 10.1. The number of amides is 2. The van der Waals surface area contributed by atoms with Gasteiger partial charge in [-0.25, -0.2) is 4.79 Å². The predicted molar refractivity (Wildman–Crippen MR) is 69.9 cm³/mol. The summed E-state index contributed by atoms with van der Waals surface area (Å²) in [6, 6.07) is -1.17. The SMILES string of the molecule is COC(=O)CCC(NC(=O)CN1CSCC1=O)C(=O)O. The first kappa shape index (κ1) is 16.3. The Hall–Kier alpha value is -1.77. The number of nitrogens with one attached hydrogen (secondary N) is 1. The quantitative estimate of drug-likeness (QED) is 0.582. The largest absolute Gasteiger partial charge is 0.480 e. The smallest absolute Gasteiger partial charge is 0.326 e. The number of carbonyl (C=O) groups excluding carboxylic acids is 3. The van der Waals surface area contributed by atoms with Crippen LogP contribution in [0, 0.1) is 0 Å². The van der Waals surface area contributed by atoms with Gasteiger partial charge in [0.1, 0.15) is 12.6 Å². The number of esters is 1. The number of carbonyl (C=O) groups is 4. The number of rotatable bonds is 7. The van der Waals surface area contributed by atoms with Gasteiger partial charge in [-0.3, -0.25) is 14.4 Å². The molecule has 9 heteroatoms. The molecule has 0 radical (unpaired) electrons. The molecule has 1 aliphatic rings. The van der Waals surface area contributed by atoms with Crippen LogP contribution in [0.15, 0.2) is 0 Å². The van der Waals surface area contributed by atoms with Crippen LogP contribution in [0.25, 0.3) is 0 Å². The van der Waals surface area contributed by atoms with E-state index in [0.717, 1.165) is 0 Å². The topological polar surface area (TPSA) is 113 Å². The molecule has 0 spiro atoms. The lowest BCUT2D eigenvalue weighted by molar-refractivity contribution is -0.144. The summed E-state index contributed by atoms with van der Waals surface area (Å²) in [7, 11) is 1.20. The Labute approximate surface area is 119 Å². The van der Waals surface area contributed by atoms with Crippen molar-refractivity contribution in [1.82, 2.24) is 10.2 Å². The summed E-state index contributed by atoms with van der Waals surface area (Å²) in [5.74, 6) is -1.73. The molecule has 8 nitrogen and oxygen atoms in total. The molecule has 2 N–H and O–H groups in total. The maximum Gasteiger partial charge on any atom is 0.326 e. The van der Waals surface area contributed by atoms with Crippen LogP contribution in [-0.2, 0) is 23.9 Å². The van der Waals surface area contributed by atoms with Crippen LogP contribution in [0.3, 0.4) is 0 Å². The van der Waals surface area contributed by atoms with Crippen LogP contribution in [0.1, 0.15) is 12.8 Å². The molecule has 0 aromatic heterocycles. The molecule has 1 atom stereocenters. The van der Waals surface area contributed by atoms with E-state index in [1.165, 1.54) is 23.8 Å². The number of carboxylic acids is 1. The van der Waals surface area contributed by atoms with Crippen molar-refractivity contribution in [3.63, 3.8) is 0 Å². The number of hydrogen-bond donors (Lipinski definition) is 2. The lowest BCUT2D eigenvalue weighted by Gasteiger charge is -2.17. The van der Waals surface area contributed by atoms with E-state index in [1.807, 2.05) is 0 Å². The average molecular weight is 304 g/mol. The molecular formula is C11H16N2O6S. The number of methoxy groups -OCH3 is 1. The molecule has 0 bridgehead atoms. The van der Waals surface area contributed by atoms with Gasteiger partial charge < -0.3 is 20.1 Å². The van der Waals surface area contributed by atoms with Gasteiger partial charge in [0.15, 0.2) is 0 Å². The number of nitrogens with zero attached hydrogens (tertiary/aromatic N) is 1. The molecule has 112 valence electrons. The van der Waals surface area contributed by atoms with Crippen molar-refractivity contribution < 1.29 is 29.0 Å². The minimum absolute atomic E-state index is 0.0591. The molecule has 1 saturated heterocycles. The van der Waals surface area contributed by atoms with E-state index in [1.54, 1.807) is 0 Å². The highest BCUT2D eigenvalue weighted by Gasteiger charge is 2.26. The minimum Gasteiger partial charge on any atom is -0.480 e. The Kier molecular flexibility index (Phi) is 6.29. The third kappa shape index (κ3) is 5.08. The van der Waals surface area contributed by atoms with Crippen molar-refractivity contribution in [3.05, 3.63) is 0 Å². The standard InChI is InChI=1S/C11H16N2O6S/c1-19-10(16)3-2-7(11(17)18)12-8(14)4-13-6-20-5-9(13)15/h7H,2-6H2,1H3,(H,12,14)(H,17,18). The Balaban J connectivity index is 2.44. The molecule has 1 aliphatic heterocycles. The van der Waals surface area contributed by atoms with Crippen molar-refractivity contribution in [2.45, 2.75) is 18.9 Å². The van der Waals surface area contributed by atoms with Crippen LogP contribution in [-0.4, -0.2) is 65.1 Å². The van der Waals surface area contributed by atoms with Crippen molar-refractivity contribution in [1.29, 1.82) is 0 Å². The summed E-state index contributed by atoms with van der Waals surface area (Å²) in [6.07, 6.45) is -0.164. The number of carboxylic acid groups (broad SMARTS) is 1. The number of thioether (sulfide) groups is 1. The fraction of sp³-hybridized carbons (Fsp3) is 0.636. The highest BCUT2D eigenvalue weighted by Crippen LogP contribution is 2.14. The summed E-state index contributed by atoms with van der Waals surface area (Å²) in [5.41, 5.74) is 0. The van der Waals surface area contributed by atoms with Crippen molar-refractivity contribution in [3.8, 4) is 0 Å². The van der Waals surface area contributed by atoms with Gasteiger partial charge in [0.05, 0.1) is 18.7 Å². The van der Waals surface area contributed by atoms with Gasteiger partial charge in [-0.05, 0) is 6.42 Å². The maximum absolute atomic E-state index is 11.7. The molecule has 1 fully saturated rings. The van der Waals surface area contributed by atoms with Crippen LogP contribution >= 0.6 is 11.8 Å². The van der Waals surface area contributed by atoms with Crippen LogP contribution < -0.4 is 5.32 Å². The summed E-state index contributed by atoms with van der Waals surface area (Å²) in [4.78, 5) is 46.3. The second-order valence-corrected chi connectivity index (χ2v) is 5.10. The highest BCUT2D eigenvalue weighted by molar-refractivity contribution is 8.00. The van der Waals surface area contributed by atoms with Gasteiger partial charge in [0.2, 0.25) is 11.8 Å². The van der Waals surface area contributed by atoms with Gasteiger partial charge in [-0.2, -0.15) is 0 Å². The minimum atomic E-state index is -1.23. The summed E-state index contributed by atoms with van der Waals surface area (Å²) in [6.45, 7) is -0.173. The Morgan fingerprint density at radius 1 is 1.50 bits per heavy atom. The normalized spacial score (nSPS) is 15.8. The molecule has 0 aromatic rings. The molecule has 0 saturated carbocycles. The number of hydrogen-bond acceptors (Lipinski definition) is 6. The van der Waals surface area contributed by atoms with E-state index in [4.69, 9.17) is 5.11 Å². The van der Waals surface area contributed by atoms with Crippen molar-refractivity contribution in [2.75, 3.05) is 25.3 Å². The van der Waals surface area contributed by atoms with Gasteiger partial charge in [0, 0.05) is 6.42 Å². The Bertz CT molecular complexity index is 414. The fourth-order valence-electron chi connectivity index (χ4n) is 1.58. The predicted octanol–water partition coefficient (Wildman–Crippen LogP) is -0.958. The molecule has 2 amide bonds. The van der Waals surface area contributed by atoms with Gasteiger partial charge >= 0.3 is 11.9 Å². The van der Waals surface area contributed by atoms with E-state index in [2.05, 4.69) is 10.1 Å². The summed E-state index contributed by atoms with van der Waals surface area (Å²) in [5, 5.41) is 11.3. The lowest BCUT2D eigenvalue weighted by Crippen LogP contribution is -2.46. The molecule has 0 aliphatic carbocycles. The summed E-state index contributed by atoms with van der Waals surface area (Å²) < 4.78 is 4.41. The van der Waals surface area contributed by atoms with Gasteiger partial charge in [-0.1, -0.05) is 0 Å². The van der Waals surface area contributed by atoms with Crippen molar-refractivity contribution >= 4 is 35.5 Å². The second-order valence-electron chi connectivity index (χ2n) is 4.14. The number of aliphatic carboxylic acids is 1. The molecule has 0 aromatic carbocycles. The first-order valence-electron chi connectivity index (χ1n) is 5.88. The molecular weight excluding hydrogens is 288 g/mol. The van der Waals surface area contributed by atoms with Crippen LogP contribution in [0.5, 0.6) is 0 Å². The highest BCUT2D eigenvalue weighted by atomic mass is 32.2. The van der Waals surface area contributed by atoms with E-state index < -0.39 is 23.9 Å². The van der Waals surface area contributed by atoms with E-state index in [0.29, 0.717) is 11.6 Å². The zero-order valence-electron chi connectivity index (χ0n) is 11.0. The van der Waals surface area contributed by atoms with Gasteiger partial charge in [0.25, 0.3) is 0 Å². The van der Waals surface area contributed by atoms with Crippen LogP contribution in [0.2, 0.25) is 0 Å². The average Bonchev–Trinajstić information content (AvgIpc) is 2.79. The van der Waals surface area contributed by atoms with E-state index in [9.17, 15) is 19.2 Å². The number of ether oxygens (including phenoxy) is 1. The third-order valence-corrected chi connectivity index (χ3v) is 3.60. The first-order valence-corrected chi connectivity index (χ1v) is 7.04. The Morgan fingerprint density at radius 3 is 2.70 bits per heavy atom. The van der Waals surface area contributed by atoms with E-state index >= 15 is 0 Å². The monoisotopic (exact) mass is 304 g/mol. The second kappa shape index (κ2) is 7.73. The fourth-order valence-corrected chi connectivity index (χ4v) is 2.48. The molecule has 20 heavy (non-hydrogen) atoms. The zero-order chi connectivity index (χ0) is 15.1. The molecule has 1 heterocycles. The van der Waals surface area contributed by atoms with Crippen molar-refractivity contribution in [2.24, 2.45) is 0 Å². The molecule has 1 unspecified atom stereocenters. The first-order chi connectivity index (χ1) is 9.43. The third-order valence-electron chi connectivity index (χ3n) is 2.66. The van der Waals surface area contributed by atoms with E-state index in [-0.39, 0.29) is 25.3 Å². The molecule has 1 rings (SSSR count). The maximum atomic E-state index is 11.7. The van der Waals surface area contributed by atoms with Crippen LogP contribution in [0.4, 0.5) is 0 Å². The summed E-state index contributed by atoms with van der Waals surface area (Å²) >= 11 is 1.39. The zero-order valence-corrected chi connectivity index (χ0v) is 11.8.